The maximum absolute atomic E-state index is 13.8. The van der Waals surface area contributed by atoms with E-state index in [1.165, 1.54) is 35.9 Å². The highest BCUT2D eigenvalue weighted by molar-refractivity contribution is 7.89. The Labute approximate surface area is 206 Å². The van der Waals surface area contributed by atoms with Gasteiger partial charge >= 0.3 is 6.18 Å². The van der Waals surface area contributed by atoms with Crippen LogP contribution in [0, 0.1) is 6.92 Å². The third-order valence-corrected chi connectivity index (χ3v) is 8.46. The van der Waals surface area contributed by atoms with E-state index in [-0.39, 0.29) is 23.9 Å². The Hall–Kier alpha value is -3.31. The first-order valence-corrected chi connectivity index (χ1v) is 12.9. The van der Waals surface area contributed by atoms with Crippen molar-refractivity contribution < 1.29 is 31.1 Å². The van der Waals surface area contributed by atoms with Gasteiger partial charge in [-0.25, -0.2) is 13.1 Å². The standard InChI is InChI=1S/C25H24F3N3O4S/c1-16-15-17(7-8-20(16)36(33,34)29-2)23(32)30-13-11-24(12-14-30)21-9-10-22(25(26,27)28)31(21)18-5-3-4-6-19(18)35-24/h3-10,15,29H,11-14H2,1-2H3. The summed E-state index contributed by atoms with van der Waals surface area (Å²) in [7, 11) is -2.33. The van der Waals surface area contributed by atoms with E-state index in [4.69, 9.17) is 4.74 Å². The van der Waals surface area contributed by atoms with Crippen molar-refractivity contribution in [3.63, 3.8) is 0 Å². The summed E-state index contributed by atoms with van der Waals surface area (Å²) in [4.78, 5) is 14.9. The summed E-state index contributed by atoms with van der Waals surface area (Å²) in [6.07, 6.45) is -3.93. The molecule has 2 aliphatic heterocycles. The third-order valence-electron chi connectivity index (χ3n) is 6.89. The van der Waals surface area contributed by atoms with Crippen LogP contribution in [0.25, 0.3) is 5.69 Å². The molecule has 2 aromatic carbocycles. The van der Waals surface area contributed by atoms with Crippen LogP contribution in [-0.4, -0.2) is 43.9 Å². The van der Waals surface area contributed by atoms with Gasteiger partial charge in [-0.15, -0.1) is 0 Å². The maximum atomic E-state index is 13.8. The number of alkyl halides is 3. The molecule has 0 atom stereocenters. The Balaban J connectivity index is 1.43. The van der Waals surface area contributed by atoms with E-state index < -0.39 is 27.5 Å². The predicted molar refractivity (Wildman–Crippen MR) is 126 cm³/mol. The van der Waals surface area contributed by atoms with Crippen molar-refractivity contribution in [2.45, 2.75) is 36.4 Å². The van der Waals surface area contributed by atoms with Crippen LogP contribution in [0.15, 0.2) is 59.5 Å². The van der Waals surface area contributed by atoms with Crippen LogP contribution in [0.1, 0.15) is 40.2 Å². The number of aromatic nitrogens is 1. The van der Waals surface area contributed by atoms with Crippen molar-refractivity contribution >= 4 is 15.9 Å². The van der Waals surface area contributed by atoms with Crippen molar-refractivity contribution in [2.75, 3.05) is 20.1 Å². The van der Waals surface area contributed by atoms with Crippen molar-refractivity contribution in [3.05, 3.63) is 77.1 Å². The zero-order chi connectivity index (χ0) is 25.9. The minimum absolute atomic E-state index is 0.0923. The van der Waals surface area contributed by atoms with Gasteiger partial charge in [-0.2, -0.15) is 13.2 Å². The number of aryl methyl sites for hydroxylation is 1. The number of ether oxygens (including phenoxy) is 1. The highest BCUT2D eigenvalue weighted by Crippen LogP contribution is 2.48. The van der Waals surface area contributed by atoms with E-state index in [1.807, 2.05) is 0 Å². The zero-order valence-electron chi connectivity index (χ0n) is 19.6. The van der Waals surface area contributed by atoms with Crippen LogP contribution in [-0.2, 0) is 21.8 Å². The van der Waals surface area contributed by atoms with E-state index in [1.54, 1.807) is 36.1 Å². The lowest BCUT2D eigenvalue weighted by atomic mass is 9.86. The van der Waals surface area contributed by atoms with Gasteiger partial charge in [0, 0.05) is 31.5 Å². The summed E-state index contributed by atoms with van der Waals surface area (Å²) >= 11 is 0. The molecule has 1 aromatic heterocycles. The number of nitrogens with zero attached hydrogens (tertiary/aromatic N) is 2. The highest BCUT2D eigenvalue weighted by Gasteiger charge is 2.48. The lowest BCUT2D eigenvalue weighted by molar-refractivity contribution is -0.143. The normalized spacial score (nSPS) is 16.9. The van der Waals surface area contributed by atoms with Crippen LogP contribution in [0.2, 0.25) is 0 Å². The molecule has 0 aliphatic carbocycles. The van der Waals surface area contributed by atoms with E-state index in [0.717, 1.165) is 6.07 Å². The largest absolute Gasteiger partial charge is 0.479 e. The van der Waals surface area contributed by atoms with Gasteiger partial charge in [-0.3, -0.25) is 4.79 Å². The molecule has 190 valence electrons. The minimum atomic E-state index is -4.54. The van der Waals surface area contributed by atoms with E-state index in [2.05, 4.69) is 4.72 Å². The molecule has 2 aliphatic rings. The maximum Gasteiger partial charge on any atom is 0.431 e. The Kier molecular flexibility index (Phi) is 5.68. The van der Waals surface area contributed by atoms with Gasteiger partial charge in [0.15, 0.2) is 5.60 Å². The molecular formula is C25H24F3N3O4S. The van der Waals surface area contributed by atoms with Crippen molar-refractivity contribution in [3.8, 4) is 11.4 Å². The van der Waals surface area contributed by atoms with Crippen LogP contribution in [0.4, 0.5) is 13.2 Å². The predicted octanol–water partition coefficient (Wildman–Crippen LogP) is 4.24. The monoisotopic (exact) mass is 519 g/mol. The fourth-order valence-electron chi connectivity index (χ4n) is 5.07. The fraction of sp³-hybridized carbons (Fsp3) is 0.320. The summed E-state index contributed by atoms with van der Waals surface area (Å²) in [6.45, 7) is 2.15. The molecule has 5 rings (SSSR count). The smallest absolute Gasteiger partial charge is 0.431 e. The molecule has 1 amide bonds. The van der Waals surface area contributed by atoms with Gasteiger partial charge in [0.25, 0.3) is 5.91 Å². The Bertz CT molecular complexity index is 1460. The molecular weight excluding hydrogens is 495 g/mol. The number of hydrogen-bond donors (Lipinski definition) is 1. The average molecular weight is 520 g/mol. The number of rotatable bonds is 3. The van der Waals surface area contributed by atoms with Crippen LogP contribution in [0.5, 0.6) is 5.75 Å². The number of halogens is 3. The molecule has 1 saturated heterocycles. The number of para-hydroxylation sites is 2. The van der Waals surface area contributed by atoms with E-state index >= 15 is 0 Å². The lowest BCUT2D eigenvalue weighted by Gasteiger charge is -2.45. The number of sulfonamides is 1. The molecule has 36 heavy (non-hydrogen) atoms. The first-order chi connectivity index (χ1) is 17.0. The second kappa shape index (κ2) is 8.38. The third kappa shape index (κ3) is 3.86. The molecule has 0 unspecified atom stereocenters. The molecule has 1 fully saturated rings. The average Bonchev–Trinajstić information content (AvgIpc) is 3.31. The highest BCUT2D eigenvalue weighted by atomic mass is 32.2. The van der Waals surface area contributed by atoms with E-state index in [9.17, 15) is 26.4 Å². The van der Waals surface area contributed by atoms with Crippen molar-refractivity contribution in [2.24, 2.45) is 0 Å². The number of amides is 1. The van der Waals surface area contributed by atoms with Gasteiger partial charge in [0.1, 0.15) is 11.4 Å². The number of carbonyl (C=O) groups excluding carboxylic acids is 1. The molecule has 0 saturated carbocycles. The first-order valence-electron chi connectivity index (χ1n) is 11.4. The molecule has 1 N–H and O–H groups in total. The van der Waals surface area contributed by atoms with E-state index in [0.29, 0.717) is 41.1 Å². The number of carbonyl (C=O) groups is 1. The second-order valence-corrected chi connectivity index (χ2v) is 10.8. The second-order valence-electron chi connectivity index (χ2n) is 8.98. The van der Waals surface area contributed by atoms with Gasteiger partial charge in [0.2, 0.25) is 10.0 Å². The van der Waals surface area contributed by atoms with Crippen LogP contribution in [0.3, 0.4) is 0 Å². The van der Waals surface area contributed by atoms with Crippen LogP contribution < -0.4 is 9.46 Å². The Morgan fingerprint density at radius 3 is 2.39 bits per heavy atom. The van der Waals surface area contributed by atoms with Gasteiger partial charge < -0.3 is 14.2 Å². The summed E-state index contributed by atoms with van der Waals surface area (Å²) in [6, 6.07) is 13.6. The summed E-state index contributed by atoms with van der Waals surface area (Å²) in [5.74, 6) is 0.0901. The molecule has 7 nitrogen and oxygen atoms in total. The summed E-state index contributed by atoms with van der Waals surface area (Å²) in [5.41, 5.74) is -0.239. The molecule has 3 heterocycles. The zero-order valence-corrected chi connectivity index (χ0v) is 20.4. The Morgan fingerprint density at radius 1 is 1.06 bits per heavy atom. The molecule has 1 spiro atoms. The molecule has 0 bridgehead atoms. The number of likely N-dealkylation sites (tertiary alicyclic amines) is 1. The van der Waals surface area contributed by atoms with Gasteiger partial charge in [-0.05, 0) is 62.0 Å². The SMILES string of the molecule is CNS(=O)(=O)c1ccc(C(=O)N2CCC3(CC2)Oc2ccccc2-n2c(C(F)(F)F)ccc23)cc1C. The van der Waals surface area contributed by atoms with Crippen molar-refractivity contribution in [1.29, 1.82) is 0 Å². The summed E-state index contributed by atoms with van der Waals surface area (Å²) in [5, 5.41) is 0. The number of benzene rings is 2. The van der Waals surface area contributed by atoms with Gasteiger partial charge in [0.05, 0.1) is 16.3 Å². The molecule has 3 aromatic rings. The van der Waals surface area contributed by atoms with Crippen LogP contribution >= 0.6 is 0 Å². The minimum Gasteiger partial charge on any atom is -0.479 e. The summed E-state index contributed by atoms with van der Waals surface area (Å²) < 4.78 is 75.5. The quantitative estimate of drug-likeness (QED) is 0.562. The van der Waals surface area contributed by atoms with Gasteiger partial charge in [-0.1, -0.05) is 12.1 Å². The lowest BCUT2D eigenvalue weighted by Crippen LogP contribution is -2.50. The number of fused-ring (bicyclic) bond motifs is 4. The van der Waals surface area contributed by atoms with Crippen molar-refractivity contribution in [1.82, 2.24) is 14.2 Å². The fourth-order valence-corrected chi connectivity index (χ4v) is 6.02. The number of hydrogen-bond acceptors (Lipinski definition) is 4. The topological polar surface area (TPSA) is 80.6 Å². The Morgan fingerprint density at radius 2 is 1.75 bits per heavy atom. The number of nitrogens with one attached hydrogen (secondary N) is 1. The molecule has 11 heteroatoms. The number of piperidine rings is 1. The first kappa shape index (κ1) is 24.4. The molecule has 0 radical (unpaired) electrons.